The van der Waals surface area contributed by atoms with Gasteiger partial charge < -0.3 is 28.8 Å². The summed E-state index contributed by atoms with van der Waals surface area (Å²) in [7, 11) is 3.21. The Balaban J connectivity index is 1.67. The van der Waals surface area contributed by atoms with Crippen LogP contribution < -0.4 is 9.47 Å². The minimum absolute atomic E-state index is 0.0163. The largest absolute Gasteiger partial charge is 0.497 e. The van der Waals surface area contributed by atoms with Crippen LogP contribution in [0, 0.1) is 0 Å². The Morgan fingerprint density at radius 3 is 2.92 bits per heavy atom. The fourth-order valence-corrected chi connectivity index (χ4v) is 3.67. The number of ether oxygens (including phenoxy) is 4. The number of hydrogen-bond donors (Lipinski definition) is 1. The van der Waals surface area contributed by atoms with Gasteiger partial charge in [-0.25, -0.2) is 0 Å². The van der Waals surface area contributed by atoms with Crippen LogP contribution in [0.2, 0.25) is 0 Å². The third kappa shape index (κ3) is 2.83. The van der Waals surface area contributed by atoms with E-state index in [0.29, 0.717) is 43.6 Å². The Morgan fingerprint density at radius 1 is 1.24 bits per heavy atom. The molecule has 2 saturated heterocycles. The highest BCUT2D eigenvalue weighted by molar-refractivity contribution is 6.00. The van der Waals surface area contributed by atoms with E-state index in [9.17, 15) is 4.79 Å². The second-order valence-corrected chi connectivity index (χ2v) is 6.31. The van der Waals surface area contributed by atoms with Gasteiger partial charge in [-0.15, -0.1) is 0 Å². The molecule has 1 aromatic carbocycles. The van der Waals surface area contributed by atoms with Gasteiger partial charge in [0.2, 0.25) is 0 Å². The Labute approximate surface area is 145 Å². The van der Waals surface area contributed by atoms with E-state index in [1.807, 2.05) is 23.1 Å². The van der Waals surface area contributed by atoms with Gasteiger partial charge in [0.1, 0.15) is 23.3 Å². The van der Waals surface area contributed by atoms with Crippen molar-refractivity contribution in [2.24, 2.45) is 0 Å². The fraction of sp³-hybridized carbons (Fsp3) is 0.500. The molecule has 0 unspecified atom stereocenters. The number of nitrogens with zero attached hydrogens (tertiary/aromatic N) is 1. The van der Waals surface area contributed by atoms with Crippen LogP contribution in [0.5, 0.6) is 11.5 Å². The quantitative estimate of drug-likeness (QED) is 0.918. The molecule has 0 spiro atoms. The molecule has 134 valence electrons. The summed E-state index contributed by atoms with van der Waals surface area (Å²) in [6, 6.07) is 5.59. The van der Waals surface area contributed by atoms with Crippen LogP contribution >= 0.6 is 0 Å². The van der Waals surface area contributed by atoms with Gasteiger partial charge in [0.25, 0.3) is 5.91 Å². The number of benzene rings is 1. The summed E-state index contributed by atoms with van der Waals surface area (Å²) in [6.45, 7) is 2.33. The van der Waals surface area contributed by atoms with Crippen LogP contribution in [0.4, 0.5) is 0 Å². The third-order valence-electron chi connectivity index (χ3n) is 4.95. The van der Waals surface area contributed by atoms with Gasteiger partial charge in [0.15, 0.2) is 0 Å². The molecule has 2 aliphatic heterocycles. The first-order valence-electron chi connectivity index (χ1n) is 8.46. The monoisotopic (exact) mass is 346 g/mol. The van der Waals surface area contributed by atoms with E-state index in [1.54, 1.807) is 14.2 Å². The van der Waals surface area contributed by atoms with E-state index < -0.39 is 0 Å². The van der Waals surface area contributed by atoms with Crippen molar-refractivity contribution in [1.29, 1.82) is 0 Å². The van der Waals surface area contributed by atoms with Crippen LogP contribution in [0.15, 0.2) is 18.2 Å². The fourth-order valence-electron chi connectivity index (χ4n) is 3.67. The van der Waals surface area contributed by atoms with Gasteiger partial charge in [0.05, 0.1) is 39.0 Å². The summed E-state index contributed by atoms with van der Waals surface area (Å²) in [5, 5.41) is 0.864. The van der Waals surface area contributed by atoms with E-state index in [4.69, 9.17) is 18.9 Å². The van der Waals surface area contributed by atoms with Crippen molar-refractivity contribution >= 4 is 16.8 Å². The van der Waals surface area contributed by atoms with Crippen molar-refractivity contribution in [3.05, 3.63) is 23.9 Å². The predicted molar refractivity (Wildman–Crippen MR) is 91.4 cm³/mol. The molecule has 1 amide bonds. The maximum Gasteiger partial charge on any atom is 0.270 e. The number of rotatable bonds is 3. The molecule has 0 aliphatic carbocycles. The number of aromatic amines is 1. The zero-order valence-electron chi connectivity index (χ0n) is 14.4. The molecule has 1 aromatic heterocycles. The van der Waals surface area contributed by atoms with E-state index >= 15 is 0 Å². The summed E-state index contributed by atoms with van der Waals surface area (Å²) < 4.78 is 22.0. The van der Waals surface area contributed by atoms with E-state index in [2.05, 4.69) is 4.98 Å². The predicted octanol–water partition coefficient (Wildman–Crippen LogP) is 1.81. The Kier molecular flexibility index (Phi) is 4.27. The van der Waals surface area contributed by atoms with Crippen molar-refractivity contribution in [3.63, 3.8) is 0 Å². The lowest BCUT2D eigenvalue weighted by molar-refractivity contribution is -0.124. The summed E-state index contributed by atoms with van der Waals surface area (Å²) in [5.74, 6) is 1.34. The number of morpholine rings is 1. The number of hydrogen-bond acceptors (Lipinski definition) is 5. The summed E-state index contributed by atoms with van der Waals surface area (Å²) in [4.78, 5) is 18.2. The van der Waals surface area contributed by atoms with Crippen molar-refractivity contribution in [2.75, 3.05) is 40.6 Å². The van der Waals surface area contributed by atoms with Crippen LogP contribution in [0.1, 0.15) is 16.9 Å². The molecule has 7 nitrogen and oxygen atoms in total. The topological polar surface area (TPSA) is 73.0 Å². The molecule has 2 aliphatic rings. The van der Waals surface area contributed by atoms with Crippen LogP contribution in [-0.4, -0.2) is 68.5 Å². The third-order valence-corrected chi connectivity index (χ3v) is 4.95. The minimum Gasteiger partial charge on any atom is -0.497 e. The molecule has 0 radical (unpaired) electrons. The smallest absolute Gasteiger partial charge is 0.270 e. The molecule has 1 N–H and O–H groups in total. The summed E-state index contributed by atoms with van der Waals surface area (Å²) in [5.41, 5.74) is 1.37. The van der Waals surface area contributed by atoms with Crippen LogP contribution in [0.3, 0.4) is 0 Å². The highest BCUT2D eigenvalue weighted by atomic mass is 16.5. The number of aromatic nitrogens is 1. The Bertz CT molecular complexity index is 785. The number of carbonyl (C=O) groups is 1. The lowest BCUT2D eigenvalue weighted by atomic mass is 10.0. The molecule has 7 heteroatoms. The molecule has 2 fully saturated rings. The van der Waals surface area contributed by atoms with E-state index in [-0.39, 0.29) is 18.1 Å². The first-order valence-corrected chi connectivity index (χ1v) is 8.46. The first-order chi connectivity index (χ1) is 12.2. The van der Waals surface area contributed by atoms with Crippen LogP contribution in [-0.2, 0) is 9.47 Å². The van der Waals surface area contributed by atoms with Crippen molar-refractivity contribution in [1.82, 2.24) is 9.88 Å². The van der Waals surface area contributed by atoms with Crippen molar-refractivity contribution < 1.29 is 23.7 Å². The highest BCUT2D eigenvalue weighted by Gasteiger charge is 2.38. The standard InChI is InChI=1S/C18H22N2O5/c1-22-11-7-13-12(16(8-11)23-2)9-14(19-13)18(21)20-4-6-25-17-10-24-5-3-15(17)20/h7-9,15,17,19H,3-6,10H2,1-2H3/t15-,17+/m0/s1. The zero-order chi connectivity index (χ0) is 17.4. The highest BCUT2D eigenvalue weighted by Crippen LogP contribution is 2.32. The number of nitrogens with one attached hydrogen (secondary N) is 1. The van der Waals surface area contributed by atoms with Gasteiger partial charge in [-0.05, 0) is 12.5 Å². The number of amides is 1. The van der Waals surface area contributed by atoms with Crippen molar-refractivity contribution in [3.8, 4) is 11.5 Å². The Hall–Kier alpha value is -2.25. The normalized spacial score (nSPS) is 23.4. The molecule has 2 aromatic rings. The van der Waals surface area contributed by atoms with Gasteiger partial charge in [0, 0.05) is 30.7 Å². The molecule has 0 saturated carbocycles. The minimum atomic E-state index is -0.0366. The van der Waals surface area contributed by atoms with Gasteiger partial charge >= 0.3 is 0 Å². The maximum absolute atomic E-state index is 13.1. The van der Waals surface area contributed by atoms with Crippen molar-refractivity contribution in [2.45, 2.75) is 18.6 Å². The van der Waals surface area contributed by atoms with Crippen LogP contribution in [0.25, 0.3) is 10.9 Å². The average molecular weight is 346 g/mol. The van der Waals surface area contributed by atoms with E-state index in [1.165, 1.54) is 0 Å². The molecule has 4 rings (SSSR count). The molecule has 3 heterocycles. The SMILES string of the molecule is COc1cc(OC)c2cc(C(=O)N3CCO[C@@H]4COCC[C@@H]43)[nH]c2c1. The number of H-pyrrole nitrogens is 1. The van der Waals surface area contributed by atoms with Gasteiger partial charge in [-0.1, -0.05) is 0 Å². The summed E-state index contributed by atoms with van der Waals surface area (Å²) in [6.07, 6.45) is 0.763. The zero-order valence-corrected chi connectivity index (χ0v) is 14.4. The lowest BCUT2D eigenvalue weighted by Crippen LogP contribution is -2.57. The number of fused-ring (bicyclic) bond motifs is 2. The molecule has 2 atom stereocenters. The van der Waals surface area contributed by atoms with E-state index in [0.717, 1.165) is 17.3 Å². The maximum atomic E-state index is 13.1. The summed E-state index contributed by atoms with van der Waals surface area (Å²) >= 11 is 0. The number of carbonyl (C=O) groups excluding carboxylic acids is 1. The first kappa shape index (κ1) is 16.2. The molecule has 25 heavy (non-hydrogen) atoms. The second kappa shape index (κ2) is 6.57. The Morgan fingerprint density at radius 2 is 2.12 bits per heavy atom. The van der Waals surface area contributed by atoms with Gasteiger partial charge in [-0.3, -0.25) is 4.79 Å². The molecule has 0 bridgehead atoms. The molecular weight excluding hydrogens is 324 g/mol. The van der Waals surface area contributed by atoms with Gasteiger partial charge in [-0.2, -0.15) is 0 Å². The second-order valence-electron chi connectivity index (χ2n) is 6.31. The molecular formula is C18H22N2O5. The average Bonchev–Trinajstić information content (AvgIpc) is 3.10. The number of methoxy groups -OCH3 is 2. The lowest BCUT2D eigenvalue weighted by Gasteiger charge is -2.43.